The summed E-state index contributed by atoms with van der Waals surface area (Å²) in [6.45, 7) is 5.42. The Labute approximate surface area is 164 Å². The smallest absolute Gasteiger partial charge is 0.229 e. The van der Waals surface area contributed by atoms with Gasteiger partial charge in [-0.15, -0.1) is 0 Å². The molecule has 3 heterocycles. The van der Waals surface area contributed by atoms with Gasteiger partial charge in [0.25, 0.3) is 0 Å². The van der Waals surface area contributed by atoms with Crippen LogP contribution in [0.2, 0.25) is 0 Å². The maximum Gasteiger partial charge on any atom is 0.229 e. The van der Waals surface area contributed by atoms with E-state index in [1.165, 1.54) is 0 Å². The highest BCUT2D eigenvalue weighted by molar-refractivity contribution is 7.92. The molecule has 0 bridgehead atoms. The summed E-state index contributed by atoms with van der Waals surface area (Å²) in [6.07, 6.45) is 1.88. The Kier molecular flexibility index (Phi) is 5.22. The number of benzene rings is 1. The highest BCUT2D eigenvalue weighted by atomic mass is 32.2. The average molecular weight is 404 g/mol. The number of rotatable bonds is 4. The van der Waals surface area contributed by atoms with Crippen molar-refractivity contribution in [2.24, 2.45) is 0 Å². The largest absolute Gasteiger partial charge is 0.377 e. The van der Waals surface area contributed by atoms with E-state index in [1.807, 2.05) is 12.1 Å². The zero-order valence-corrected chi connectivity index (χ0v) is 16.8. The normalized spacial score (nSPS) is 19.9. The highest BCUT2D eigenvalue weighted by Crippen LogP contribution is 2.31. The summed E-state index contributed by atoms with van der Waals surface area (Å²) < 4.78 is 36.5. The van der Waals surface area contributed by atoms with E-state index in [2.05, 4.69) is 16.5 Å². The number of sulfonamides is 1. The fourth-order valence-electron chi connectivity index (χ4n) is 3.52. The van der Waals surface area contributed by atoms with Crippen LogP contribution in [0.25, 0.3) is 11.4 Å². The van der Waals surface area contributed by atoms with Crippen LogP contribution < -0.4 is 9.62 Å². The maximum atomic E-state index is 11.4. The Morgan fingerprint density at radius 2 is 1.93 bits per heavy atom. The second kappa shape index (κ2) is 7.65. The van der Waals surface area contributed by atoms with Gasteiger partial charge in [-0.25, -0.2) is 18.4 Å². The third kappa shape index (κ3) is 4.11. The number of aromatic nitrogens is 2. The van der Waals surface area contributed by atoms with E-state index in [-0.39, 0.29) is 6.04 Å². The monoisotopic (exact) mass is 404 g/mol. The van der Waals surface area contributed by atoms with Gasteiger partial charge in [0.2, 0.25) is 10.0 Å². The topological polar surface area (TPSA) is 93.7 Å². The van der Waals surface area contributed by atoms with E-state index in [0.29, 0.717) is 37.9 Å². The third-order valence-corrected chi connectivity index (χ3v) is 5.49. The lowest BCUT2D eigenvalue weighted by molar-refractivity contribution is 0.0952. The van der Waals surface area contributed by atoms with Crippen LogP contribution in [0.5, 0.6) is 0 Å². The average Bonchev–Trinajstić information content (AvgIpc) is 2.67. The molecule has 0 amide bonds. The van der Waals surface area contributed by atoms with Crippen molar-refractivity contribution in [2.45, 2.75) is 26.0 Å². The lowest BCUT2D eigenvalue weighted by Gasteiger charge is -2.36. The second-order valence-corrected chi connectivity index (χ2v) is 8.92. The molecule has 0 spiro atoms. The Balaban J connectivity index is 1.72. The summed E-state index contributed by atoms with van der Waals surface area (Å²) in [6, 6.07) is 7.34. The summed E-state index contributed by atoms with van der Waals surface area (Å²) >= 11 is 0. The molecule has 0 unspecified atom stereocenters. The predicted octanol–water partition coefficient (Wildman–Crippen LogP) is 1.81. The predicted molar refractivity (Wildman–Crippen MR) is 107 cm³/mol. The molecular weight excluding hydrogens is 380 g/mol. The van der Waals surface area contributed by atoms with Crippen LogP contribution in [-0.4, -0.2) is 57.0 Å². The summed E-state index contributed by atoms with van der Waals surface area (Å²) in [5.74, 6) is 1.55. The molecule has 150 valence electrons. The van der Waals surface area contributed by atoms with Crippen LogP contribution >= 0.6 is 0 Å². The number of fused-ring (bicyclic) bond motifs is 1. The van der Waals surface area contributed by atoms with Gasteiger partial charge in [0.15, 0.2) is 5.82 Å². The van der Waals surface area contributed by atoms with Crippen molar-refractivity contribution in [1.82, 2.24) is 9.97 Å². The van der Waals surface area contributed by atoms with E-state index in [9.17, 15) is 8.42 Å². The minimum atomic E-state index is -3.31. The first kappa shape index (κ1) is 19.1. The van der Waals surface area contributed by atoms with E-state index in [0.717, 1.165) is 41.9 Å². The Bertz CT molecular complexity index is 963. The highest BCUT2D eigenvalue weighted by Gasteiger charge is 2.27. The Morgan fingerprint density at radius 1 is 1.14 bits per heavy atom. The Morgan fingerprint density at radius 3 is 2.64 bits per heavy atom. The molecule has 0 radical (unpaired) electrons. The van der Waals surface area contributed by atoms with Crippen LogP contribution in [0.4, 0.5) is 11.5 Å². The second-order valence-electron chi connectivity index (χ2n) is 7.17. The summed E-state index contributed by atoms with van der Waals surface area (Å²) in [7, 11) is -3.31. The summed E-state index contributed by atoms with van der Waals surface area (Å²) in [5, 5.41) is 0. The fourth-order valence-corrected chi connectivity index (χ4v) is 4.09. The molecule has 1 saturated heterocycles. The molecule has 2 aliphatic heterocycles. The molecule has 0 saturated carbocycles. The SMILES string of the molecule is C[C@H]1COCCN1c1nc(-c2ccc(NS(C)(=O)=O)cc2)nc2c1COCC2. The molecule has 1 N–H and O–H groups in total. The molecule has 1 aromatic heterocycles. The van der Waals surface area contributed by atoms with Gasteiger partial charge in [0, 0.05) is 29.8 Å². The van der Waals surface area contributed by atoms with Crippen molar-refractivity contribution in [2.75, 3.05) is 42.2 Å². The molecule has 2 aromatic rings. The van der Waals surface area contributed by atoms with Crippen LogP contribution in [-0.2, 0) is 32.5 Å². The third-order valence-electron chi connectivity index (χ3n) is 4.89. The molecule has 1 fully saturated rings. The lowest BCUT2D eigenvalue weighted by Crippen LogP contribution is -2.45. The van der Waals surface area contributed by atoms with Crippen molar-refractivity contribution in [3.63, 3.8) is 0 Å². The van der Waals surface area contributed by atoms with Crippen LogP contribution in [0.3, 0.4) is 0 Å². The van der Waals surface area contributed by atoms with Crippen molar-refractivity contribution >= 4 is 21.5 Å². The molecule has 2 aliphatic rings. The van der Waals surface area contributed by atoms with Gasteiger partial charge in [-0.2, -0.15) is 0 Å². The first-order chi connectivity index (χ1) is 13.4. The summed E-state index contributed by atoms with van der Waals surface area (Å²) in [5.41, 5.74) is 3.43. The van der Waals surface area contributed by atoms with Crippen LogP contribution in [0, 0.1) is 0 Å². The number of ether oxygens (including phenoxy) is 2. The minimum Gasteiger partial charge on any atom is -0.377 e. The van der Waals surface area contributed by atoms with E-state index < -0.39 is 10.0 Å². The van der Waals surface area contributed by atoms with Gasteiger partial charge in [0.1, 0.15) is 5.82 Å². The van der Waals surface area contributed by atoms with E-state index in [4.69, 9.17) is 19.4 Å². The van der Waals surface area contributed by atoms with Gasteiger partial charge in [-0.1, -0.05) is 0 Å². The van der Waals surface area contributed by atoms with Crippen LogP contribution in [0.15, 0.2) is 24.3 Å². The molecule has 8 nitrogen and oxygen atoms in total. The number of hydrogen-bond donors (Lipinski definition) is 1. The molecular formula is C19H24N4O4S. The lowest BCUT2D eigenvalue weighted by atomic mass is 10.1. The number of nitrogens with one attached hydrogen (secondary N) is 1. The number of anilines is 2. The standard InChI is InChI=1S/C19H24N4O4S/c1-13-11-27-10-8-23(13)19-16-12-26-9-7-17(16)20-18(21-19)14-3-5-15(6-4-14)22-28(2,24)25/h3-6,13,22H,7-12H2,1-2H3/t13-/m0/s1. The first-order valence-electron chi connectivity index (χ1n) is 9.31. The van der Waals surface area contributed by atoms with Crippen molar-refractivity contribution < 1.29 is 17.9 Å². The van der Waals surface area contributed by atoms with Crippen molar-refractivity contribution in [1.29, 1.82) is 0 Å². The van der Waals surface area contributed by atoms with Gasteiger partial charge in [-0.3, -0.25) is 4.72 Å². The van der Waals surface area contributed by atoms with Gasteiger partial charge >= 0.3 is 0 Å². The fraction of sp³-hybridized carbons (Fsp3) is 0.474. The maximum absolute atomic E-state index is 11.4. The van der Waals surface area contributed by atoms with Crippen molar-refractivity contribution in [3.8, 4) is 11.4 Å². The first-order valence-corrected chi connectivity index (χ1v) is 11.2. The van der Waals surface area contributed by atoms with Gasteiger partial charge in [-0.05, 0) is 31.2 Å². The quantitative estimate of drug-likeness (QED) is 0.831. The number of morpholine rings is 1. The van der Waals surface area contributed by atoms with Crippen molar-refractivity contribution in [3.05, 3.63) is 35.5 Å². The van der Waals surface area contributed by atoms with E-state index >= 15 is 0 Å². The number of nitrogens with zero attached hydrogens (tertiary/aromatic N) is 3. The van der Waals surface area contributed by atoms with Gasteiger partial charge in [0.05, 0.1) is 44.4 Å². The zero-order chi connectivity index (χ0) is 19.7. The van der Waals surface area contributed by atoms with Gasteiger partial charge < -0.3 is 14.4 Å². The molecule has 28 heavy (non-hydrogen) atoms. The molecule has 9 heteroatoms. The Hall–Kier alpha value is -2.23. The van der Waals surface area contributed by atoms with E-state index in [1.54, 1.807) is 12.1 Å². The molecule has 1 aromatic carbocycles. The molecule has 4 rings (SSSR count). The molecule has 1 atom stereocenters. The number of hydrogen-bond acceptors (Lipinski definition) is 7. The summed E-state index contributed by atoms with van der Waals surface area (Å²) in [4.78, 5) is 11.9. The molecule has 0 aliphatic carbocycles. The minimum absolute atomic E-state index is 0.226. The zero-order valence-electron chi connectivity index (χ0n) is 16.0. The van der Waals surface area contributed by atoms with Crippen LogP contribution in [0.1, 0.15) is 18.2 Å².